The SMILES string of the molecule is CCCCCCCCCc1cccc(C(=NO)c2ccccc2)c1. The number of benzene rings is 2. The van der Waals surface area contributed by atoms with E-state index in [0.717, 1.165) is 17.5 Å². The lowest BCUT2D eigenvalue weighted by atomic mass is 9.98. The fourth-order valence-electron chi connectivity index (χ4n) is 3.04. The Morgan fingerprint density at radius 1 is 0.792 bits per heavy atom. The number of oxime groups is 1. The molecule has 0 aliphatic heterocycles. The molecule has 0 saturated carbocycles. The minimum absolute atomic E-state index is 0.636. The Bertz CT molecular complexity index is 619. The predicted octanol–water partition coefficient (Wildman–Crippen LogP) is 6.21. The van der Waals surface area contributed by atoms with E-state index in [1.807, 2.05) is 36.4 Å². The Morgan fingerprint density at radius 3 is 2.17 bits per heavy atom. The maximum atomic E-state index is 9.43. The van der Waals surface area contributed by atoms with Crippen molar-refractivity contribution in [2.75, 3.05) is 0 Å². The zero-order chi connectivity index (χ0) is 17.0. The van der Waals surface area contributed by atoms with Crippen LogP contribution in [0, 0.1) is 0 Å². The van der Waals surface area contributed by atoms with Crippen LogP contribution in [0.15, 0.2) is 59.8 Å². The van der Waals surface area contributed by atoms with Gasteiger partial charge >= 0.3 is 0 Å². The molecule has 1 N–H and O–H groups in total. The summed E-state index contributed by atoms with van der Waals surface area (Å²) in [5.74, 6) is 0. The van der Waals surface area contributed by atoms with Crippen molar-refractivity contribution in [3.8, 4) is 0 Å². The molecule has 2 rings (SSSR count). The van der Waals surface area contributed by atoms with Crippen LogP contribution in [0.5, 0.6) is 0 Å². The van der Waals surface area contributed by atoms with Crippen molar-refractivity contribution >= 4 is 5.71 Å². The largest absolute Gasteiger partial charge is 0.410 e. The molecule has 0 aliphatic rings. The van der Waals surface area contributed by atoms with Gasteiger partial charge in [-0.3, -0.25) is 0 Å². The van der Waals surface area contributed by atoms with E-state index in [1.54, 1.807) is 0 Å². The van der Waals surface area contributed by atoms with Crippen molar-refractivity contribution in [3.63, 3.8) is 0 Å². The Balaban J connectivity index is 1.89. The maximum absolute atomic E-state index is 9.43. The molecule has 0 fully saturated rings. The molecule has 2 aromatic rings. The summed E-state index contributed by atoms with van der Waals surface area (Å²) in [6.07, 6.45) is 10.4. The van der Waals surface area contributed by atoms with Gasteiger partial charge in [0, 0.05) is 11.1 Å². The molecule has 0 aliphatic carbocycles. The van der Waals surface area contributed by atoms with E-state index in [2.05, 4.69) is 30.3 Å². The average molecular weight is 323 g/mol. The monoisotopic (exact) mass is 323 g/mol. The first-order valence-electron chi connectivity index (χ1n) is 9.22. The van der Waals surface area contributed by atoms with Gasteiger partial charge in [-0.25, -0.2) is 0 Å². The van der Waals surface area contributed by atoms with Crippen molar-refractivity contribution in [3.05, 3.63) is 71.3 Å². The molecule has 0 spiro atoms. The maximum Gasteiger partial charge on any atom is 0.117 e. The summed E-state index contributed by atoms with van der Waals surface area (Å²) in [4.78, 5) is 0. The fraction of sp³-hybridized carbons (Fsp3) is 0.409. The first-order valence-corrected chi connectivity index (χ1v) is 9.22. The van der Waals surface area contributed by atoms with Crippen LogP contribution in [0.4, 0.5) is 0 Å². The highest BCUT2D eigenvalue weighted by molar-refractivity contribution is 6.12. The molecule has 128 valence electrons. The molecule has 2 nitrogen and oxygen atoms in total. The van der Waals surface area contributed by atoms with Gasteiger partial charge in [0.2, 0.25) is 0 Å². The molecule has 0 unspecified atom stereocenters. The predicted molar refractivity (Wildman–Crippen MR) is 102 cm³/mol. The second-order valence-corrected chi connectivity index (χ2v) is 6.39. The standard InChI is InChI=1S/C22H29NO/c1-2-3-4-5-6-7-9-13-19-14-12-17-21(18-19)22(23-24)20-15-10-8-11-16-20/h8,10-12,14-18,24H,2-7,9,13H2,1H3. The Labute approximate surface area is 146 Å². The van der Waals surface area contributed by atoms with Gasteiger partial charge in [-0.05, 0) is 24.5 Å². The highest BCUT2D eigenvalue weighted by Crippen LogP contribution is 2.15. The minimum Gasteiger partial charge on any atom is -0.410 e. The molecule has 24 heavy (non-hydrogen) atoms. The zero-order valence-corrected chi connectivity index (χ0v) is 14.7. The van der Waals surface area contributed by atoms with Crippen LogP contribution < -0.4 is 0 Å². The van der Waals surface area contributed by atoms with Gasteiger partial charge < -0.3 is 5.21 Å². The summed E-state index contributed by atoms with van der Waals surface area (Å²) in [5, 5.41) is 13.0. The van der Waals surface area contributed by atoms with E-state index in [-0.39, 0.29) is 0 Å². The van der Waals surface area contributed by atoms with Gasteiger partial charge in [-0.15, -0.1) is 0 Å². The number of hydrogen-bond acceptors (Lipinski definition) is 2. The van der Waals surface area contributed by atoms with Gasteiger partial charge in [0.25, 0.3) is 0 Å². The van der Waals surface area contributed by atoms with Gasteiger partial charge in [0.05, 0.1) is 0 Å². The van der Waals surface area contributed by atoms with Crippen LogP contribution in [-0.2, 0) is 6.42 Å². The van der Waals surface area contributed by atoms with E-state index >= 15 is 0 Å². The van der Waals surface area contributed by atoms with Crippen LogP contribution in [0.2, 0.25) is 0 Å². The quantitative estimate of drug-likeness (QED) is 0.240. The second-order valence-electron chi connectivity index (χ2n) is 6.39. The molecule has 0 atom stereocenters. The van der Waals surface area contributed by atoms with Crippen LogP contribution >= 0.6 is 0 Å². The van der Waals surface area contributed by atoms with Crippen molar-refractivity contribution < 1.29 is 5.21 Å². The van der Waals surface area contributed by atoms with Crippen LogP contribution in [0.25, 0.3) is 0 Å². The lowest BCUT2D eigenvalue weighted by Gasteiger charge is -2.08. The molecule has 0 aromatic heterocycles. The van der Waals surface area contributed by atoms with E-state index in [0.29, 0.717) is 5.71 Å². The lowest BCUT2D eigenvalue weighted by molar-refractivity contribution is 0.319. The fourth-order valence-corrected chi connectivity index (χ4v) is 3.04. The highest BCUT2D eigenvalue weighted by Gasteiger charge is 2.08. The van der Waals surface area contributed by atoms with Crippen molar-refractivity contribution in [1.29, 1.82) is 0 Å². The summed E-state index contributed by atoms with van der Waals surface area (Å²) in [5.41, 5.74) is 3.87. The van der Waals surface area contributed by atoms with Crippen molar-refractivity contribution in [1.82, 2.24) is 0 Å². The molecule has 0 radical (unpaired) electrons. The Hall–Kier alpha value is -2.09. The third kappa shape index (κ3) is 5.84. The third-order valence-electron chi connectivity index (χ3n) is 4.42. The highest BCUT2D eigenvalue weighted by atomic mass is 16.4. The summed E-state index contributed by atoms with van der Waals surface area (Å²) in [6, 6.07) is 18.2. The number of aryl methyl sites for hydroxylation is 1. The zero-order valence-electron chi connectivity index (χ0n) is 14.7. The molecular weight excluding hydrogens is 294 g/mol. The molecule has 0 bridgehead atoms. The van der Waals surface area contributed by atoms with E-state index in [1.165, 1.54) is 50.5 Å². The number of nitrogens with zero attached hydrogens (tertiary/aromatic N) is 1. The molecular formula is C22H29NO. The van der Waals surface area contributed by atoms with Gasteiger partial charge in [-0.2, -0.15) is 0 Å². The molecule has 2 heteroatoms. The summed E-state index contributed by atoms with van der Waals surface area (Å²) in [6.45, 7) is 2.26. The Morgan fingerprint density at radius 2 is 1.46 bits per heavy atom. The van der Waals surface area contributed by atoms with Crippen LogP contribution in [0.3, 0.4) is 0 Å². The van der Waals surface area contributed by atoms with Gasteiger partial charge in [0.1, 0.15) is 5.71 Å². The first-order chi connectivity index (χ1) is 11.8. The minimum atomic E-state index is 0.636. The molecule has 0 saturated heterocycles. The van der Waals surface area contributed by atoms with E-state index in [9.17, 15) is 5.21 Å². The number of unbranched alkanes of at least 4 members (excludes halogenated alkanes) is 6. The summed E-state index contributed by atoms with van der Waals surface area (Å²) >= 11 is 0. The van der Waals surface area contributed by atoms with Crippen molar-refractivity contribution in [2.45, 2.75) is 58.3 Å². The third-order valence-corrected chi connectivity index (χ3v) is 4.42. The Kier molecular flexibility index (Phi) is 8.09. The van der Waals surface area contributed by atoms with Gasteiger partial charge in [0.15, 0.2) is 0 Å². The van der Waals surface area contributed by atoms with Crippen molar-refractivity contribution in [2.24, 2.45) is 5.16 Å². The number of hydrogen-bond donors (Lipinski definition) is 1. The molecule has 0 amide bonds. The summed E-state index contributed by atoms with van der Waals surface area (Å²) < 4.78 is 0. The van der Waals surface area contributed by atoms with E-state index < -0.39 is 0 Å². The topological polar surface area (TPSA) is 32.6 Å². The van der Waals surface area contributed by atoms with Crippen LogP contribution in [0.1, 0.15) is 68.6 Å². The smallest absolute Gasteiger partial charge is 0.117 e. The summed E-state index contributed by atoms with van der Waals surface area (Å²) in [7, 11) is 0. The lowest BCUT2D eigenvalue weighted by Crippen LogP contribution is -2.03. The average Bonchev–Trinajstić information content (AvgIpc) is 2.63. The second kappa shape index (κ2) is 10.6. The van der Waals surface area contributed by atoms with E-state index in [4.69, 9.17) is 0 Å². The molecule has 0 heterocycles. The van der Waals surface area contributed by atoms with Gasteiger partial charge in [-0.1, -0.05) is 99.1 Å². The number of rotatable bonds is 10. The van der Waals surface area contributed by atoms with Crippen LogP contribution in [-0.4, -0.2) is 10.9 Å². The normalized spacial score (nSPS) is 11.6. The molecule has 2 aromatic carbocycles. The first kappa shape index (κ1) is 18.3.